The number of fused-ring (bicyclic) bond motifs is 1. The fraction of sp³-hybridized carbons (Fsp3) is 0.607. The molecule has 2 amide bonds. The van der Waals surface area contributed by atoms with E-state index in [2.05, 4.69) is 6.58 Å². The average molecular weight is 531 g/mol. The number of amides is 2. The molecule has 4 rings (SSSR count). The van der Waals surface area contributed by atoms with Crippen molar-refractivity contribution >= 4 is 35.2 Å². The number of methoxy groups -OCH3 is 1. The largest absolute Gasteiger partial charge is 0.497 e. The standard InChI is InChI=1S/C28H38N2O6S/c1-7-15-29(18-9-11-19(35-6)12-10-18)25(33)23-28-14-13-27(5,37-28)22(26(34)36-8-2)21(28)24(32)30(23)20(16-31)17(3)4/h7,9-12,17,20-23,31H,1,8,13-16H2,2-6H3/t20-,21-,22-,23?,27+,28?/m0/s1. The van der Waals surface area contributed by atoms with E-state index >= 15 is 0 Å². The van der Waals surface area contributed by atoms with Crippen molar-refractivity contribution in [3.8, 4) is 5.75 Å². The van der Waals surface area contributed by atoms with Crippen LogP contribution in [-0.2, 0) is 19.1 Å². The Morgan fingerprint density at radius 1 is 1.30 bits per heavy atom. The first-order valence-corrected chi connectivity index (χ1v) is 13.8. The molecule has 3 heterocycles. The van der Waals surface area contributed by atoms with Gasteiger partial charge in [-0.25, -0.2) is 0 Å². The van der Waals surface area contributed by atoms with E-state index in [4.69, 9.17) is 9.47 Å². The van der Waals surface area contributed by atoms with E-state index in [0.29, 0.717) is 24.3 Å². The summed E-state index contributed by atoms with van der Waals surface area (Å²) in [6.07, 6.45) is 3.00. The van der Waals surface area contributed by atoms with Crippen LogP contribution in [0.3, 0.4) is 0 Å². The van der Waals surface area contributed by atoms with Crippen molar-refractivity contribution in [1.29, 1.82) is 0 Å². The molecule has 0 radical (unpaired) electrons. The maximum absolute atomic E-state index is 14.6. The van der Waals surface area contributed by atoms with Crippen LogP contribution in [-0.4, -0.2) is 76.2 Å². The Morgan fingerprint density at radius 2 is 1.97 bits per heavy atom. The SMILES string of the molecule is C=CCN(C(=O)C1N([C@@H](CO)C(C)C)C(=O)[C@@H]2[C@@H](C(=O)OCC)[C@@]3(C)CCC12S3)c1ccc(OC)cc1. The molecule has 37 heavy (non-hydrogen) atoms. The van der Waals surface area contributed by atoms with Crippen molar-refractivity contribution in [3.63, 3.8) is 0 Å². The summed E-state index contributed by atoms with van der Waals surface area (Å²) < 4.78 is 9.45. The predicted octanol–water partition coefficient (Wildman–Crippen LogP) is 3.28. The van der Waals surface area contributed by atoms with Gasteiger partial charge in [0.15, 0.2) is 0 Å². The zero-order chi connectivity index (χ0) is 27.1. The normalized spacial score (nSPS) is 30.8. The number of aliphatic hydroxyl groups is 1. The number of thioether (sulfide) groups is 1. The first-order valence-electron chi connectivity index (χ1n) is 13.0. The van der Waals surface area contributed by atoms with Crippen molar-refractivity contribution in [2.24, 2.45) is 17.8 Å². The molecule has 1 aromatic carbocycles. The van der Waals surface area contributed by atoms with E-state index in [1.807, 2.05) is 32.9 Å². The van der Waals surface area contributed by atoms with Gasteiger partial charge < -0.3 is 24.4 Å². The number of rotatable bonds is 10. The summed E-state index contributed by atoms with van der Waals surface area (Å²) in [5.41, 5.74) is 0.661. The van der Waals surface area contributed by atoms with Crippen LogP contribution in [0.5, 0.6) is 5.75 Å². The van der Waals surface area contributed by atoms with Gasteiger partial charge in [-0.15, -0.1) is 18.3 Å². The van der Waals surface area contributed by atoms with Gasteiger partial charge in [-0.2, -0.15) is 0 Å². The van der Waals surface area contributed by atoms with Crippen molar-refractivity contribution < 1.29 is 29.0 Å². The van der Waals surface area contributed by atoms with Crippen LogP contribution in [0.2, 0.25) is 0 Å². The molecule has 0 saturated carbocycles. The Kier molecular flexibility index (Phi) is 7.68. The van der Waals surface area contributed by atoms with Crippen LogP contribution in [0.1, 0.15) is 40.5 Å². The quantitative estimate of drug-likeness (QED) is 0.366. The number of anilines is 1. The lowest BCUT2D eigenvalue weighted by molar-refractivity contribution is -0.155. The number of esters is 1. The summed E-state index contributed by atoms with van der Waals surface area (Å²) in [4.78, 5) is 45.3. The van der Waals surface area contributed by atoms with Crippen LogP contribution in [0, 0.1) is 17.8 Å². The molecule has 0 aromatic heterocycles. The number of ether oxygens (including phenoxy) is 2. The minimum Gasteiger partial charge on any atom is -0.497 e. The van der Waals surface area contributed by atoms with Gasteiger partial charge in [0.2, 0.25) is 5.91 Å². The Morgan fingerprint density at radius 3 is 2.51 bits per heavy atom. The van der Waals surface area contributed by atoms with E-state index < -0.39 is 33.4 Å². The third kappa shape index (κ3) is 4.24. The highest BCUT2D eigenvalue weighted by atomic mass is 32.2. The van der Waals surface area contributed by atoms with E-state index in [-0.39, 0.29) is 43.5 Å². The molecular formula is C28H38N2O6S. The molecule has 1 spiro atoms. The predicted molar refractivity (Wildman–Crippen MR) is 143 cm³/mol. The fourth-order valence-electron chi connectivity index (χ4n) is 6.57. The Hall–Kier alpha value is -2.52. The Balaban J connectivity index is 1.84. The van der Waals surface area contributed by atoms with Crippen LogP contribution < -0.4 is 9.64 Å². The topological polar surface area (TPSA) is 96.4 Å². The molecule has 3 aliphatic heterocycles. The van der Waals surface area contributed by atoms with Crippen molar-refractivity contribution in [2.45, 2.75) is 62.1 Å². The lowest BCUT2D eigenvalue weighted by atomic mass is 9.66. The molecule has 1 aromatic rings. The molecule has 2 bridgehead atoms. The average Bonchev–Trinajstić information content (AvgIpc) is 3.44. The monoisotopic (exact) mass is 530 g/mol. The Bertz CT molecular complexity index is 1060. The smallest absolute Gasteiger partial charge is 0.311 e. The molecule has 3 aliphatic rings. The molecule has 3 saturated heterocycles. The maximum atomic E-state index is 14.6. The number of carbonyl (C=O) groups excluding carboxylic acids is 3. The number of nitrogens with zero attached hydrogens (tertiary/aromatic N) is 2. The molecule has 8 nitrogen and oxygen atoms in total. The first-order chi connectivity index (χ1) is 17.6. The van der Waals surface area contributed by atoms with Crippen molar-refractivity contribution in [2.75, 3.05) is 31.8 Å². The molecule has 0 aliphatic carbocycles. The molecule has 1 N–H and O–H groups in total. The number of carbonyl (C=O) groups is 3. The third-order valence-electron chi connectivity index (χ3n) is 8.26. The molecule has 6 atom stereocenters. The summed E-state index contributed by atoms with van der Waals surface area (Å²) in [5, 5.41) is 10.4. The van der Waals surface area contributed by atoms with Gasteiger partial charge in [-0.1, -0.05) is 19.9 Å². The minimum absolute atomic E-state index is 0.0906. The van der Waals surface area contributed by atoms with Gasteiger partial charge in [0.05, 0.1) is 42.9 Å². The summed E-state index contributed by atoms with van der Waals surface area (Å²) in [5.74, 6) is -1.60. The van der Waals surface area contributed by atoms with Crippen LogP contribution in [0.15, 0.2) is 36.9 Å². The van der Waals surface area contributed by atoms with Crippen molar-refractivity contribution in [1.82, 2.24) is 4.90 Å². The number of hydrogen-bond donors (Lipinski definition) is 1. The van der Waals surface area contributed by atoms with Gasteiger partial charge in [-0.05, 0) is 56.9 Å². The zero-order valence-electron chi connectivity index (χ0n) is 22.3. The van der Waals surface area contributed by atoms with Crippen LogP contribution in [0.4, 0.5) is 5.69 Å². The number of hydrogen-bond acceptors (Lipinski definition) is 7. The second-order valence-corrected chi connectivity index (χ2v) is 12.6. The van der Waals surface area contributed by atoms with E-state index in [1.165, 1.54) is 0 Å². The lowest BCUT2D eigenvalue weighted by Crippen LogP contribution is -2.58. The summed E-state index contributed by atoms with van der Waals surface area (Å²) in [7, 11) is 1.58. The highest BCUT2D eigenvalue weighted by Crippen LogP contribution is 2.72. The van der Waals surface area contributed by atoms with Gasteiger partial charge in [0.1, 0.15) is 11.8 Å². The molecular weight excluding hydrogens is 492 g/mol. The maximum Gasteiger partial charge on any atom is 0.311 e. The highest BCUT2D eigenvalue weighted by molar-refractivity contribution is 8.02. The van der Waals surface area contributed by atoms with Crippen molar-refractivity contribution in [3.05, 3.63) is 36.9 Å². The summed E-state index contributed by atoms with van der Waals surface area (Å²) >= 11 is 1.60. The Labute approximate surface area is 223 Å². The zero-order valence-corrected chi connectivity index (χ0v) is 23.1. The van der Waals surface area contributed by atoms with Crippen LogP contribution >= 0.6 is 11.8 Å². The molecule has 9 heteroatoms. The highest BCUT2D eigenvalue weighted by Gasteiger charge is 2.78. The lowest BCUT2D eigenvalue weighted by Gasteiger charge is -2.40. The summed E-state index contributed by atoms with van der Waals surface area (Å²) in [6.45, 7) is 11.7. The third-order valence-corrected chi connectivity index (χ3v) is 10.3. The number of aliphatic hydroxyl groups excluding tert-OH is 1. The van der Waals surface area contributed by atoms with Gasteiger partial charge in [0, 0.05) is 17.0 Å². The second kappa shape index (κ2) is 10.3. The second-order valence-electron chi connectivity index (χ2n) is 10.7. The number of benzene rings is 1. The first kappa shape index (κ1) is 27.5. The van der Waals surface area contributed by atoms with Gasteiger partial charge in [-0.3, -0.25) is 14.4 Å². The van der Waals surface area contributed by atoms with Gasteiger partial charge in [0.25, 0.3) is 5.91 Å². The van der Waals surface area contributed by atoms with E-state index in [0.717, 1.165) is 0 Å². The van der Waals surface area contributed by atoms with Gasteiger partial charge >= 0.3 is 5.97 Å². The van der Waals surface area contributed by atoms with E-state index in [9.17, 15) is 19.5 Å². The molecule has 3 fully saturated rings. The molecule has 202 valence electrons. The number of likely N-dealkylation sites (tertiary alicyclic amines) is 1. The molecule has 2 unspecified atom stereocenters. The fourth-order valence-corrected chi connectivity index (χ4v) is 8.90. The minimum atomic E-state index is -0.835. The van der Waals surface area contributed by atoms with Crippen LogP contribution in [0.25, 0.3) is 0 Å². The van der Waals surface area contributed by atoms with E-state index in [1.54, 1.807) is 53.8 Å². The summed E-state index contributed by atoms with van der Waals surface area (Å²) in [6, 6.07) is 5.80.